The lowest BCUT2D eigenvalue weighted by atomic mass is 9.95. The lowest BCUT2D eigenvalue weighted by Crippen LogP contribution is -2.52. The number of ether oxygens (including phenoxy) is 2. The fourth-order valence-corrected chi connectivity index (χ4v) is 4.44. The van der Waals surface area contributed by atoms with Crippen LogP contribution in [0.2, 0.25) is 0 Å². The number of rotatable bonds is 11. The molecule has 1 atom stereocenters. The fraction of sp³-hybridized carbons (Fsp3) is 0.500. The summed E-state index contributed by atoms with van der Waals surface area (Å²) in [5.74, 6) is 1.11. The highest BCUT2D eigenvalue weighted by molar-refractivity contribution is 5.88. The van der Waals surface area contributed by atoms with Crippen molar-refractivity contribution < 1.29 is 19.1 Å². The van der Waals surface area contributed by atoms with Gasteiger partial charge >= 0.3 is 0 Å². The van der Waals surface area contributed by atoms with Crippen molar-refractivity contribution >= 4 is 11.8 Å². The quantitative estimate of drug-likeness (QED) is 0.512. The number of methoxy groups -OCH3 is 1. The van der Waals surface area contributed by atoms with Crippen LogP contribution in [0.1, 0.15) is 63.5 Å². The lowest BCUT2D eigenvalue weighted by Gasteiger charge is -2.32. The zero-order valence-corrected chi connectivity index (χ0v) is 20.7. The first-order chi connectivity index (χ1) is 16.5. The predicted octanol–water partition coefficient (Wildman–Crippen LogP) is 4.89. The van der Waals surface area contributed by atoms with Gasteiger partial charge in [0.25, 0.3) is 5.91 Å². The lowest BCUT2D eigenvalue weighted by molar-refractivity contribution is -0.143. The number of hydrogen-bond donors (Lipinski definition) is 1. The number of carbonyl (C=O) groups is 2. The Morgan fingerprint density at radius 1 is 0.941 bits per heavy atom. The second-order valence-electron chi connectivity index (χ2n) is 8.92. The van der Waals surface area contributed by atoms with Crippen molar-refractivity contribution in [2.45, 2.75) is 77.4 Å². The van der Waals surface area contributed by atoms with Gasteiger partial charge in [0.1, 0.15) is 17.5 Å². The Morgan fingerprint density at radius 2 is 1.56 bits per heavy atom. The molecule has 1 N–H and O–H groups in total. The molecule has 2 aromatic carbocycles. The van der Waals surface area contributed by atoms with Crippen molar-refractivity contribution in [2.24, 2.45) is 0 Å². The molecule has 1 fully saturated rings. The van der Waals surface area contributed by atoms with Gasteiger partial charge in [-0.05, 0) is 61.1 Å². The SMILES string of the molecule is CCc1ccc(OCC(=O)N(Cc2ccc(OC)cc2)[C@@H](CC)C(=O)NC2CCCCC2)cc1. The molecule has 0 bridgehead atoms. The normalized spacial score (nSPS) is 14.8. The zero-order chi connectivity index (χ0) is 24.3. The molecule has 1 aliphatic carbocycles. The van der Waals surface area contributed by atoms with Gasteiger partial charge in [-0.1, -0.05) is 57.4 Å². The van der Waals surface area contributed by atoms with E-state index in [0.717, 1.165) is 43.4 Å². The molecule has 0 radical (unpaired) electrons. The van der Waals surface area contributed by atoms with E-state index in [1.165, 1.54) is 12.0 Å². The van der Waals surface area contributed by atoms with Crippen molar-refractivity contribution in [1.82, 2.24) is 10.2 Å². The molecule has 0 saturated heterocycles. The summed E-state index contributed by atoms with van der Waals surface area (Å²) in [6, 6.07) is 15.0. The third kappa shape index (κ3) is 7.24. The molecule has 1 aliphatic rings. The van der Waals surface area contributed by atoms with Crippen LogP contribution in [0.25, 0.3) is 0 Å². The Hall–Kier alpha value is -3.02. The van der Waals surface area contributed by atoms with Gasteiger partial charge in [0.15, 0.2) is 6.61 Å². The zero-order valence-electron chi connectivity index (χ0n) is 20.7. The van der Waals surface area contributed by atoms with Crippen LogP contribution in [0.5, 0.6) is 11.5 Å². The average molecular weight is 467 g/mol. The van der Waals surface area contributed by atoms with E-state index in [1.807, 2.05) is 55.5 Å². The molecule has 0 aliphatic heterocycles. The molecule has 0 unspecified atom stereocenters. The molecular weight excluding hydrogens is 428 g/mol. The van der Waals surface area contributed by atoms with Crippen molar-refractivity contribution in [3.8, 4) is 11.5 Å². The minimum absolute atomic E-state index is 0.0800. The number of hydrogen-bond acceptors (Lipinski definition) is 4. The maximum atomic E-state index is 13.4. The maximum absolute atomic E-state index is 13.4. The van der Waals surface area contributed by atoms with Gasteiger partial charge in [-0.3, -0.25) is 9.59 Å². The van der Waals surface area contributed by atoms with E-state index in [4.69, 9.17) is 9.47 Å². The number of aryl methyl sites for hydroxylation is 1. The van der Waals surface area contributed by atoms with Gasteiger partial charge in [0.05, 0.1) is 7.11 Å². The number of carbonyl (C=O) groups excluding carboxylic acids is 2. The Kier molecular flexibility index (Phi) is 9.80. The van der Waals surface area contributed by atoms with E-state index in [-0.39, 0.29) is 24.5 Å². The van der Waals surface area contributed by atoms with E-state index in [2.05, 4.69) is 12.2 Å². The topological polar surface area (TPSA) is 67.9 Å². The molecule has 1 saturated carbocycles. The van der Waals surface area contributed by atoms with Crippen LogP contribution in [-0.2, 0) is 22.6 Å². The summed E-state index contributed by atoms with van der Waals surface area (Å²) in [5, 5.41) is 3.20. The highest BCUT2D eigenvalue weighted by Gasteiger charge is 2.30. The predicted molar refractivity (Wildman–Crippen MR) is 134 cm³/mol. The van der Waals surface area contributed by atoms with Crippen molar-refractivity contribution in [3.63, 3.8) is 0 Å². The van der Waals surface area contributed by atoms with Crippen LogP contribution < -0.4 is 14.8 Å². The molecule has 6 heteroatoms. The minimum atomic E-state index is -0.553. The van der Waals surface area contributed by atoms with E-state index in [1.54, 1.807) is 12.0 Å². The second-order valence-corrected chi connectivity index (χ2v) is 8.92. The summed E-state index contributed by atoms with van der Waals surface area (Å²) in [4.78, 5) is 28.3. The van der Waals surface area contributed by atoms with Crippen LogP contribution >= 0.6 is 0 Å². The minimum Gasteiger partial charge on any atom is -0.497 e. The molecular formula is C28H38N2O4. The van der Waals surface area contributed by atoms with Gasteiger partial charge in [-0.25, -0.2) is 0 Å². The standard InChI is InChI=1S/C28H38N2O4/c1-4-21-11-17-25(18-12-21)34-20-27(31)30(19-22-13-15-24(33-3)16-14-22)26(5-2)28(32)29-23-9-7-6-8-10-23/h11-18,23,26H,4-10,19-20H2,1-3H3,(H,29,32)/t26-/m0/s1. The third-order valence-electron chi connectivity index (χ3n) is 6.54. The van der Waals surface area contributed by atoms with Gasteiger partial charge in [0.2, 0.25) is 5.91 Å². The fourth-order valence-electron chi connectivity index (χ4n) is 4.44. The van der Waals surface area contributed by atoms with Crippen molar-refractivity contribution in [3.05, 3.63) is 59.7 Å². The highest BCUT2D eigenvalue weighted by atomic mass is 16.5. The molecule has 0 aromatic heterocycles. The van der Waals surface area contributed by atoms with Crippen LogP contribution in [0.15, 0.2) is 48.5 Å². The molecule has 2 amide bonds. The second kappa shape index (κ2) is 13.0. The molecule has 184 valence electrons. The largest absolute Gasteiger partial charge is 0.497 e. The summed E-state index contributed by atoms with van der Waals surface area (Å²) in [7, 11) is 1.62. The first kappa shape index (κ1) is 25.6. The van der Waals surface area contributed by atoms with E-state index >= 15 is 0 Å². The number of benzene rings is 2. The van der Waals surface area contributed by atoms with Gasteiger partial charge < -0.3 is 19.7 Å². The average Bonchev–Trinajstić information content (AvgIpc) is 2.88. The molecule has 6 nitrogen and oxygen atoms in total. The Morgan fingerprint density at radius 3 is 2.15 bits per heavy atom. The van der Waals surface area contributed by atoms with Crippen LogP contribution in [-0.4, -0.2) is 42.5 Å². The van der Waals surface area contributed by atoms with Gasteiger partial charge in [-0.15, -0.1) is 0 Å². The molecule has 3 rings (SSSR count). The number of nitrogens with zero attached hydrogens (tertiary/aromatic N) is 1. The first-order valence-corrected chi connectivity index (χ1v) is 12.5. The van der Waals surface area contributed by atoms with Crippen molar-refractivity contribution in [1.29, 1.82) is 0 Å². The smallest absolute Gasteiger partial charge is 0.261 e. The Labute approximate surface area is 203 Å². The van der Waals surface area contributed by atoms with Crippen molar-refractivity contribution in [2.75, 3.05) is 13.7 Å². The first-order valence-electron chi connectivity index (χ1n) is 12.5. The van der Waals surface area contributed by atoms with E-state index in [9.17, 15) is 9.59 Å². The monoisotopic (exact) mass is 466 g/mol. The summed E-state index contributed by atoms with van der Waals surface area (Å²) in [6.07, 6.45) is 7.00. The summed E-state index contributed by atoms with van der Waals surface area (Å²) >= 11 is 0. The molecule has 0 spiro atoms. The highest BCUT2D eigenvalue weighted by Crippen LogP contribution is 2.20. The van der Waals surface area contributed by atoms with Gasteiger partial charge in [-0.2, -0.15) is 0 Å². The molecule has 34 heavy (non-hydrogen) atoms. The summed E-state index contributed by atoms with van der Waals surface area (Å²) in [5.41, 5.74) is 2.15. The number of amides is 2. The van der Waals surface area contributed by atoms with Crippen LogP contribution in [0.3, 0.4) is 0 Å². The summed E-state index contributed by atoms with van der Waals surface area (Å²) < 4.78 is 11.1. The van der Waals surface area contributed by atoms with Gasteiger partial charge in [0, 0.05) is 12.6 Å². The van der Waals surface area contributed by atoms with Crippen LogP contribution in [0.4, 0.5) is 0 Å². The van der Waals surface area contributed by atoms with E-state index < -0.39 is 6.04 Å². The Balaban J connectivity index is 1.73. The van der Waals surface area contributed by atoms with E-state index in [0.29, 0.717) is 18.7 Å². The Bertz CT molecular complexity index is 905. The summed E-state index contributed by atoms with van der Waals surface area (Å²) in [6.45, 7) is 4.26. The molecule has 0 heterocycles. The third-order valence-corrected chi connectivity index (χ3v) is 6.54. The maximum Gasteiger partial charge on any atom is 0.261 e. The van der Waals surface area contributed by atoms with Crippen LogP contribution in [0, 0.1) is 0 Å². The number of nitrogens with one attached hydrogen (secondary N) is 1. The molecule has 2 aromatic rings.